The summed E-state index contributed by atoms with van der Waals surface area (Å²) < 4.78 is 0. The zero-order chi connectivity index (χ0) is 15.1. The molecule has 1 N–H and O–H groups in total. The van der Waals surface area contributed by atoms with Gasteiger partial charge in [-0.15, -0.1) is 0 Å². The van der Waals surface area contributed by atoms with Crippen LogP contribution >= 0.6 is 0 Å². The molecule has 1 aromatic rings. The standard InChI is InChI=1S/C17H28N4/c1-15(2)9-10-19-17(18-3)21-13-11-20(12-14-21)16-7-5-4-6-8-16/h4-8,15H,9-14H2,1-3H3,(H,18,19). The third-order valence-corrected chi connectivity index (χ3v) is 3.92. The van der Waals surface area contributed by atoms with Gasteiger partial charge in [-0.05, 0) is 24.5 Å². The minimum absolute atomic E-state index is 0.727. The van der Waals surface area contributed by atoms with Gasteiger partial charge in [0.15, 0.2) is 5.96 Å². The summed E-state index contributed by atoms with van der Waals surface area (Å²) in [5.41, 5.74) is 1.32. The lowest BCUT2D eigenvalue weighted by Gasteiger charge is -2.37. The van der Waals surface area contributed by atoms with Crippen LogP contribution in [0.3, 0.4) is 0 Å². The zero-order valence-corrected chi connectivity index (χ0v) is 13.5. The van der Waals surface area contributed by atoms with Crippen LogP contribution < -0.4 is 10.2 Å². The Labute approximate surface area is 128 Å². The Morgan fingerprint density at radius 2 is 1.81 bits per heavy atom. The molecular formula is C17H28N4. The lowest BCUT2D eigenvalue weighted by Crippen LogP contribution is -2.52. The van der Waals surface area contributed by atoms with Crippen molar-refractivity contribution in [2.45, 2.75) is 20.3 Å². The number of nitrogens with zero attached hydrogens (tertiary/aromatic N) is 3. The second kappa shape index (κ2) is 7.91. The maximum Gasteiger partial charge on any atom is 0.193 e. The first-order valence-corrected chi connectivity index (χ1v) is 7.96. The van der Waals surface area contributed by atoms with E-state index in [-0.39, 0.29) is 0 Å². The van der Waals surface area contributed by atoms with Crippen LogP contribution in [0.4, 0.5) is 5.69 Å². The molecule has 1 aliphatic heterocycles. The van der Waals surface area contributed by atoms with Crippen molar-refractivity contribution in [3.8, 4) is 0 Å². The number of aliphatic imine (C=N–C) groups is 1. The van der Waals surface area contributed by atoms with Gasteiger partial charge in [-0.1, -0.05) is 32.0 Å². The van der Waals surface area contributed by atoms with Crippen molar-refractivity contribution in [2.75, 3.05) is 44.7 Å². The molecule has 116 valence electrons. The molecular weight excluding hydrogens is 260 g/mol. The van der Waals surface area contributed by atoms with Crippen LogP contribution in [0.25, 0.3) is 0 Å². The van der Waals surface area contributed by atoms with E-state index >= 15 is 0 Å². The van der Waals surface area contributed by atoms with Crippen LogP contribution in [0.5, 0.6) is 0 Å². The molecule has 21 heavy (non-hydrogen) atoms. The zero-order valence-electron chi connectivity index (χ0n) is 13.5. The van der Waals surface area contributed by atoms with Gasteiger partial charge in [-0.2, -0.15) is 0 Å². The van der Waals surface area contributed by atoms with Crippen LogP contribution in [-0.4, -0.2) is 50.6 Å². The maximum absolute atomic E-state index is 4.42. The molecule has 1 aliphatic rings. The van der Waals surface area contributed by atoms with E-state index in [0.717, 1.165) is 44.6 Å². The molecule has 0 unspecified atom stereocenters. The van der Waals surface area contributed by atoms with E-state index in [0.29, 0.717) is 0 Å². The topological polar surface area (TPSA) is 30.9 Å². The molecule has 0 amide bonds. The van der Waals surface area contributed by atoms with Crippen molar-refractivity contribution in [1.82, 2.24) is 10.2 Å². The summed E-state index contributed by atoms with van der Waals surface area (Å²) in [5, 5.41) is 3.48. The molecule has 1 saturated heterocycles. The van der Waals surface area contributed by atoms with Gasteiger partial charge < -0.3 is 15.1 Å². The third-order valence-electron chi connectivity index (χ3n) is 3.92. The van der Waals surface area contributed by atoms with Crippen molar-refractivity contribution >= 4 is 11.6 Å². The molecule has 0 saturated carbocycles. The highest BCUT2D eigenvalue weighted by Crippen LogP contribution is 2.15. The average Bonchev–Trinajstić information content (AvgIpc) is 2.52. The molecule has 0 aromatic heterocycles. The number of para-hydroxylation sites is 1. The summed E-state index contributed by atoms with van der Waals surface area (Å²) in [6.07, 6.45) is 1.18. The largest absolute Gasteiger partial charge is 0.368 e. The first kappa shape index (κ1) is 15.7. The number of hydrogen-bond donors (Lipinski definition) is 1. The van der Waals surface area contributed by atoms with Crippen LogP contribution in [0.15, 0.2) is 35.3 Å². The van der Waals surface area contributed by atoms with Crippen molar-refractivity contribution in [3.05, 3.63) is 30.3 Å². The normalized spacial score (nSPS) is 16.5. The summed E-state index contributed by atoms with van der Waals surface area (Å²) in [7, 11) is 1.88. The first-order chi connectivity index (χ1) is 10.2. The Hall–Kier alpha value is -1.71. The summed E-state index contributed by atoms with van der Waals surface area (Å²) in [6.45, 7) is 9.66. The number of nitrogens with one attached hydrogen (secondary N) is 1. The molecule has 2 rings (SSSR count). The minimum Gasteiger partial charge on any atom is -0.368 e. The fourth-order valence-electron chi connectivity index (χ4n) is 2.62. The van der Waals surface area contributed by atoms with E-state index in [1.165, 1.54) is 12.1 Å². The highest BCUT2D eigenvalue weighted by molar-refractivity contribution is 5.80. The Kier molecular flexibility index (Phi) is 5.90. The van der Waals surface area contributed by atoms with Crippen LogP contribution in [0.2, 0.25) is 0 Å². The minimum atomic E-state index is 0.727. The fraction of sp³-hybridized carbons (Fsp3) is 0.588. The number of guanidine groups is 1. The number of hydrogen-bond acceptors (Lipinski definition) is 2. The maximum atomic E-state index is 4.42. The Bertz CT molecular complexity index is 433. The molecule has 1 fully saturated rings. The average molecular weight is 288 g/mol. The van der Waals surface area contributed by atoms with Crippen molar-refractivity contribution in [1.29, 1.82) is 0 Å². The van der Waals surface area contributed by atoms with Crippen molar-refractivity contribution in [2.24, 2.45) is 10.9 Å². The molecule has 4 nitrogen and oxygen atoms in total. The molecule has 4 heteroatoms. The summed E-state index contributed by atoms with van der Waals surface area (Å²) >= 11 is 0. The van der Waals surface area contributed by atoms with Gasteiger partial charge in [0.2, 0.25) is 0 Å². The molecule has 0 atom stereocenters. The molecule has 0 aliphatic carbocycles. The van der Waals surface area contributed by atoms with Gasteiger partial charge >= 0.3 is 0 Å². The summed E-state index contributed by atoms with van der Waals surface area (Å²) in [4.78, 5) is 9.22. The van der Waals surface area contributed by atoms with E-state index in [1.807, 2.05) is 7.05 Å². The second-order valence-corrected chi connectivity index (χ2v) is 5.97. The van der Waals surface area contributed by atoms with E-state index in [2.05, 4.69) is 64.3 Å². The van der Waals surface area contributed by atoms with Crippen LogP contribution in [0, 0.1) is 5.92 Å². The van der Waals surface area contributed by atoms with Crippen LogP contribution in [0.1, 0.15) is 20.3 Å². The number of anilines is 1. The summed E-state index contributed by atoms with van der Waals surface area (Å²) in [6, 6.07) is 10.7. The lowest BCUT2D eigenvalue weighted by atomic mass is 10.1. The van der Waals surface area contributed by atoms with Gasteiger partial charge in [0.25, 0.3) is 0 Å². The smallest absolute Gasteiger partial charge is 0.193 e. The van der Waals surface area contributed by atoms with Gasteiger partial charge in [-0.3, -0.25) is 4.99 Å². The highest BCUT2D eigenvalue weighted by atomic mass is 15.3. The molecule has 0 bridgehead atoms. The van der Waals surface area contributed by atoms with E-state index < -0.39 is 0 Å². The van der Waals surface area contributed by atoms with E-state index in [9.17, 15) is 0 Å². The highest BCUT2D eigenvalue weighted by Gasteiger charge is 2.19. The predicted molar refractivity (Wildman–Crippen MR) is 91.0 cm³/mol. The number of rotatable bonds is 4. The number of piperazine rings is 1. The molecule has 0 spiro atoms. The summed E-state index contributed by atoms with van der Waals surface area (Å²) in [5.74, 6) is 1.77. The van der Waals surface area contributed by atoms with Crippen molar-refractivity contribution in [3.63, 3.8) is 0 Å². The van der Waals surface area contributed by atoms with Crippen LogP contribution in [-0.2, 0) is 0 Å². The van der Waals surface area contributed by atoms with Gasteiger partial charge in [-0.25, -0.2) is 0 Å². The van der Waals surface area contributed by atoms with E-state index in [4.69, 9.17) is 0 Å². The van der Waals surface area contributed by atoms with Gasteiger partial charge in [0, 0.05) is 45.5 Å². The fourth-order valence-corrected chi connectivity index (χ4v) is 2.62. The monoisotopic (exact) mass is 288 g/mol. The SMILES string of the molecule is CN=C(NCCC(C)C)N1CCN(c2ccccc2)CC1. The Morgan fingerprint density at radius 3 is 2.38 bits per heavy atom. The van der Waals surface area contributed by atoms with Gasteiger partial charge in [0.05, 0.1) is 0 Å². The Morgan fingerprint density at radius 1 is 1.14 bits per heavy atom. The lowest BCUT2D eigenvalue weighted by molar-refractivity contribution is 0.371. The quantitative estimate of drug-likeness (QED) is 0.682. The van der Waals surface area contributed by atoms with Gasteiger partial charge in [0.1, 0.15) is 0 Å². The number of benzene rings is 1. The predicted octanol–water partition coefficient (Wildman–Crippen LogP) is 2.43. The molecule has 0 radical (unpaired) electrons. The van der Waals surface area contributed by atoms with E-state index in [1.54, 1.807) is 0 Å². The van der Waals surface area contributed by atoms with Crippen molar-refractivity contribution < 1.29 is 0 Å². The third kappa shape index (κ3) is 4.66. The molecule has 1 heterocycles. The molecule has 1 aromatic carbocycles. The second-order valence-electron chi connectivity index (χ2n) is 5.97. The Balaban J connectivity index is 1.82. The first-order valence-electron chi connectivity index (χ1n) is 7.96.